The van der Waals surface area contributed by atoms with Crippen LogP contribution in [0, 0.1) is 0 Å². The molecule has 0 aliphatic carbocycles. The summed E-state index contributed by atoms with van der Waals surface area (Å²) in [5.41, 5.74) is 2.00. The van der Waals surface area contributed by atoms with Crippen molar-refractivity contribution in [2.45, 2.75) is 0 Å². The lowest BCUT2D eigenvalue weighted by atomic mass is 10.2. The Morgan fingerprint density at radius 3 is 1.43 bits per heavy atom. The summed E-state index contributed by atoms with van der Waals surface area (Å²) < 4.78 is 0. The van der Waals surface area contributed by atoms with Gasteiger partial charge in [-0.3, -0.25) is 0 Å². The number of rotatable bonds is 0. The summed E-state index contributed by atoms with van der Waals surface area (Å²) in [4.78, 5) is 15.9. The Balaban J connectivity index is 0.000000147. The van der Waals surface area contributed by atoms with Gasteiger partial charge in [-0.1, -0.05) is 36.4 Å². The van der Waals surface area contributed by atoms with Crippen LogP contribution in [0.5, 0.6) is 0 Å². The molecule has 104 valence electrons. The molecule has 0 aliphatic heterocycles. The van der Waals surface area contributed by atoms with Crippen molar-refractivity contribution in [3.8, 4) is 0 Å². The van der Waals surface area contributed by atoms with Crippen LogP contribution in [0.3, 0.4) is 0 Å². The Hall–Kier alpha value is -2.53. The van der Waals surface area contributed by atoms with Crippen LogP contribution in [-0.2, 0) is 0 Å². The predicted octanol–water partition coefficient (Wildman–Crippen LogP) is 3.37. The Morgan fingerprint density at radius 2 is 1.00 bits per heavy atom. The van der Waals surface area contributed by atoms with Crippen LogP contribution in [0.15, 0.2) is 73.6 Å². The molecule has 4 nitrogen and oxygen atoms in total. The van der Waals surface area contributed by atoms with E-state index < -0.39 is 0 Å². The monoisotopic (exact) mass is 294 g/mol. The molecular formula is C16H14N4S. The first kappa shape index (κ1) is 14.9. The minimum Gasteiger partial charge on any atom is -0.244 e. The molecule has 0 unspecified atom stereocenters. The van der Waals surface area contributed by atoms with E-state index in [0.29, 0.717) is 0 Å². The van der Waals surface area contributed by atoms with Gasteiger partial charge in [-0.15, -0.1) is 0 Å². The second-order valence-corrected chi connectivity index (χ2v) is 4.16. The number of aromatic nitrogens is 4. The molecule has 0 radical (unpaired) electrons. The topological polar surface area (TPSA) is 51.6 Å². The second kappa shape index (κ2) is 7.31. The van der Waals surface area contributed by atoms with Gasteiger partial charge in [0.05, 0.1) is 11.0 Å². The highest BCUT2D eigenvalue weighted by Crippen LogP contribution is 2.07. The third-order valence-electron chi connectivity index (χ3n) is 2.83. The summed E-state index contributed by atoms with van der Waals surface area (Å²) in [5, 5.41) is 2.18. The molecule has 0 atom stereocenters. The van der Waals surface area contributed by atoms with Crippen molar-refractivity contribution in [1.29, 1.82) is 0 Å². The normalized spacial score (nSPS) is 9.52. The molecule has 0 N–H and O–H groups in total. The van der Waals surface area contributed by atoms with E-state index >= 15 is 0 Å². The minimum absolute atomic E-state index is 0. The average Bonchev–Trinajstić information content (AvgIpc) is 2.56. The number of fused-ring (bicyclic) bond motifs is 2. The molecule has 4 aromatic rings. The summed E-state index contributed by atoms with van der Waals surface area (Å²) in [6.45, 7) is 0. The molecule has 4 rings (SSSR count). The van der Waals surface area contributed by atoms with E-state index in [1.807, 2.05) is 60.9 Å². The lowest BCUT2D eigenvalue weighted by molar-refractivity contribution is 1.22. The molecule has 0 saturated heterocycles. The molecule has 2 aromatic heterocycles. The standard InChI is InChI=1S/2C8H6N2.H2S/c2*1-2-4-8-7(3-1)5-9-6-10-8;/h2*1-6H;1H2. The maximum absolute atomic E-state index is 4.07. The molecule has 0 fully saturated rings. The van der Waals surface area contributed by atoms with Crippen LogP contribution in [0.4, 0.5) is 0 Å². The van der Waals surface area contributed by atoms with E-state index in [-0.39, 0.29) is 13.5 Å². The van der Waals surface area contributed by atoms with Gasteiger partial charge in [0.25, 0.3) is 0 Å². The van der Waals surface area contributed by atoms with Crippen LogP contribution in [-0.4, -0.2) is 19.9 Å². The third-order valence-corrected chi connectivity index (χ3v) is 2.83. The van der Waals surface area contributed by atoms with Crippen molar-refractivity contribution in [3.63, 3.8) is 0 Å². The van der Waals surface area contributed by atoms with Gasteiger partial charge in [0.1, 0.15) is 12.7 Å². The van der Waals surface area contributed by atoms with Gasteiger partial charge in [-0.2, -0.15) is 13.5 Å². The quantitative estimate of drug-likeness (QED) is 0.499. The molecule has 2 heterocycles. The van der Waals surface area contributed by atoms with E-state index in [2.05, 4.69) is 19.9 Å². The van der Waals surface area contributed by atoms with E-state index in [9.17, 15) is 0 Å². The molecule has 5 heteroatoms. The number of para-hydroxylation sites is 2. The second-order valence-electron chi connectivity index (χ2n) is 4.16. The zero-order valence-corrected chi connectivity index (χ0v) is 12.2. The highest BCUT2D eigenvalue weighted by atomic mass is 32.1. The summed E-state index contributed by atoms with van der Waals surface area (Å²) in [6, 6.07) is 15.8. The Kier molecular flexibility index (Phi) is 5.17. The van der Waals surface area contributed by atoms with Crippen molar-refractivity contribution in [1.82, 2.24) is 19.9 Å². The van der Waals surface area contributed by atoms with Crippen LogP contribution in [0.2, 0.25) is 0 Å². The molecular weight excluding hydrogens is 280 g/mol. The Morgan fingerprint density at radius 1 is 0.571 bits per heavy atom. The fourth-order valence-electron chi connectivity index (χ4n) is 1.85. The van der Waals surface area contributed by atoms with Gasteiger partial charge < -0.3 is 0 Å². The lowest BCUT2D eigenvalue weighted by Gasteiger charge is -1.90. The fourth-order valence-corrected chi connectivity index (χ4v) is 1.85. The molecule has 0 amide bonds. The average molecular weight is 294 g/mol. The van der Waals surface area contributed by atoms with Gasteiger partial charge in [-0.05, 0) is 12.1 Å². The zero-order chi connectivity index (χ0) is 13.6. The van der Waals surface area contributed by atoms with E-state index in [0.717, 1.165) is 21.8 Å². The number of benzene rings is 2. The van der Waals surface area contributed by atoms with E-state index in [1.165, 1.54) is 0 Å². The van der Waals surface area contributed by atoms with Crippen molar-refractivity contribution in [2.24, 2.45) is 0 Å². The first-order valence-electron chi connectivity index (χ1n) is 6.23. The SMILES string of the molecule is S.c1ccc2ncncc2c1.c1ccc2ncncc2c1. The summed E-state index contributed by atoms with van der Waals surface area (Å²) in [7, 11) is 0. The maximum Gasteiger partial charge on any atom is 0.116 e. The highest BCUT2D eigenvalue weighted by molar-refractivity contribution is 7.59. The van der Waals surface area contributed by atoms with E-state index in [1.54, 1.807) is 12.7 Å². The van der Waals surface area contributed by atoms with E-state index in [4.69, 9.17) is 0 Å². The molecule has 0 spiro atoms. The third kappa shape index (κ3) is 3.73. The molecule has 0 bridgehead atoms. The molecule has 0 aliphatic rings. The van der Waals surface area contributed by atoms with Crippen molar-refractivity contribution < 1.29 is 0 Å². The lowest BCUT2D eigenvalue weighted by Crippen LogP contribution is -1.77. The smallest absolute Gasteiger partial charge is 0.116 e. The fraction of sp³-hybridized carbons (Fsp3) is 0. The molecule has 0 saturated carbocycles. The molecule has 21 heavy (non-hydrogen) atoms. The Bertz CT molecular complexity index is 634. The van der Waals surface area contributed by atoms with Crippen molar-refractivity contribution >= 4 is 35.3 Å². The van der Waals surface area contributed by atoms with Crippen LogP contribution in [0.25, 0.3) is 21.8 Å². The Labute approximate surface area is 129 Å². The van der Waals surface area contributed by atoms with Gasteiger partial charge in [-0.25, -0.2) is 19.9 Å². The highest BCUT2D eigenvalue weighted by Gasteiger charge is 1.88. The number of hydrogen-bond donors (Lipinski definition) is 0. The number of nitrogens with zero attached hydrogens (tertiary/aromatic N) is 4. The van der Waals surface area contributed by atoms with Gasteiger partial charge in [0.2, 0.25) is 0 Å². The van der Waals surface area contributed by atoms with Crippen LogP contribution >= 0.6 is 13.5 Å². The summed E-state index contributed by atoms with van der Waals surface area (Å²) >= 11 is 0. The van der Waals surface area contributed by atoms with Gasteiger partial charge >= 0.3 is 0 Å². The summed E-state index contributed by atoms with van der Waals surface area (Å²) in [5.74, 6) is 0. The van der Waals surface area contributed by atoms with Gasteiger partial charge in [0, 0.05) is 23.2 Å². The predicted molar refractivity (Wildman–Crippen MR) is 89.5 cm³/mol. The maximum atomic E-state index is 4.07. The van der Waals surface area contributed by atoms with Crippen LogP contribution < -0.4 is 0 Å². The first-order valence-corrected chi connectivity index (χ1v) is 6.23. The largest absolute Gasteiger partial charge is 0.244 e. The van der Waals surface area contributed by atoms with Crippen molar-refractivity contribution in [3.05, 3.63) is 73.6 Å². The number of hydrogen-bond acceptors (Lipinski definition) is 4. The van der Waals surface area contributed by atoms with Crippen LogP contribution in [0.1, 0.15) is 0 Å². The summed E-state index contributed by atoms with van der Waals surface area (Å²) in [6.07, 6.45) is 6.73. The molecule has 2 aromatic carbocycles. The zero-order valence-electron chi connectivity index (χ0n) is 11.2. The van der Waals surface area contributed by atoms with Gasteiger partial charge in [0.15, 0.2) is 0 Å². The van der Waals surface area contributed by atoms with Crippen molar-refractivity contribution in [2.75, 3.05) is 0 Å². The minimum atomic E-state index is 0. The first-order chi connectivity index (χ1) is 9.93.